The van der Waals surface area contributed by atoms with E-state index in [1.807, 2.05) is 6.07 Å². The minimum Gasteiger partial charge on any atom is -0.470 e. The zero-order valence-corrected chi connectivity index (χ0v) is 16.6. The third-order valence-electron chi connectivity index (χ3n) is 5.40. The number of rotatable bonds is 5. The second-order valence-corrected chi connectivity index (χ2v) is 9.47. The maximum atomic E-state index is 11.6. The van der Waals surface area contributed by atoms with Crippen molar-refractivity contribution in [2.75, 3.05) is 24.7 Å². The van der Waals surface area contributed by atoms with Crippen molar-refractivity contribution in [2.45, 2.75) is 50.4 Å². The van der Waals surface area contributed by atoms with Gasteiger partial charge in [0.25, 0.3) is 0 Å². The van der Waals surface area contributed by atoms with E-state index in [0.29, 0.717) is 43.3 Å². The molecular weight excluding hydrogens is 382 g/mol. The number of fused-ring (bicyclic) bond motifs is 1. The van der Waals surface area contributed by atoms with Crippen molar-refractivity contribution >= 4 is 26.9 Å². The van der Waals surface area contributed by atoms with E-state index >= 15 is 0 Å². The number of hydrogen-bond acceptors (Lipinski definition) is 8. The number of nitrogens with zero attached hydrogens (tertiary/aromatic N) is 4. The van der Waals surface area contributed by atoms with Crippen LogP contribution in [0.25, 0.3) is 10.9 Å². The van der Waals surface area contributed by atoms with E-state index in [1.165, 1.54) is 10.6 Å². The van der Waals surface area contributed by atoms with Gasteiger partial charge in [0, 0.05) is 36.9 Å². The molecule has 1 saturated carbocycles. The molecule has 0 aromatic carbocycles. The summed E-state index contributed by atoms with van der Waals surface area (Å²) >= 11 is 0. The molecule has 0 amide bonds. The number of sulfonamides is 1. The summed E-state index contributed by atoms with van der Waals surface area (Å²) in [4.78, 5) is 13.3. The van der Waals surface area contributed by atoms with Crippen LogP contribution in [0.1, 0.15) is 32.1 Å². The lowest BCUT2D eigenvalue weighted by molar-refractivity contribution is 0.0584. The van der Waals surface area contributed by atoms with Crippen LogP contribution in [-0.4, -0.2) is 70.4 Å². The first-order valence-electron chi connectivity index (χ1n) is 9.58. The second-order valence-electron chi connectivity index (χ2n) is 7.48. The van der Waals surface area contributed by atoms with Gasteiger partial charge < -0.3 is 15.2 Å². The highest BCUT2D eigenvalue weighted by Gasteiger charge is 2.28. The van der Waals surface area contributed by atoms with Crippen LogP contribution in [0.15, 0.2) is 18.5 Å². The summed E-state index contributed by atoms with van der Waals surface area (Å²) in [7, 11) is -3.14. The number of aliphatic hydroxyl groups is 1. The largest absolute Gasteiger partial charge is 0.470 e. The van der Waals surface area contributed by atoms with Gasteiger partial charge in [-0.1, -0.05) is 0 Å². The lowest BCUT2D eigenvalue weighted by atomic mass is 10.1. The summed E-state index contributed by atoms with van der Waals surface area (Å²) in [6, 6.07) is 1.93. The van der Waals surface area contributed by atoms with Crippen molar-refractivity contribution in [3.8, 4) is 5.88 Å². The minimum absolute atomic E-state index is 0.105. The van der Waals surface area contributed by atoms with Gasteiger partial charge in [0.1, 0.15) is 11.6 Å². The Morgan fingerprint density at radius 2 is 2.00 bits per heavy atom. The third-order valence-corrected chi connectivity index (χ3v) is 6.71. The first kappa shape index (κ1) is 19.3. The molecule has 2 N–H and O–H groups in total. The molecule has 152 valence electrons. The number of piperidine rings is 1. The number of nitrogens with one attached hydrogen (secondary N) is 1. The molecule has 2 aliphatic rings. The summed E-state index contributed by atoms with van der Waals surface area (Å²) in [6.07, 6.45) is 7.73. The standard InChI is InChI=1S/C18H25N5O4S/c1-28(25,26)23-9-6-13(7-10-23)21-18-20-11-12-5-8-19-17(16(12)22-18)27-15-4-2-3-14(15)24/h5,8,11,13-15,24H,2-4,6-7,9-10H2,1H3,(H,20,21,22). The Balaban J connectivity index is 1.49. The average Bonchev–Trinajstić information content (AvgIpc) is 3.07. The molecule has 0 bridgehead atoms. The molecule has 2 atom stereocenters. The van der Waals surface area contributed by atoms with Crippen molar-refractivity contribution in [1.82, 2.24) is 19.3 Å². The molecule has 9 nitrogen and oxygen atoms in total. The molecule has 1 aliphatic carbocycles. The van der Waals surface area contributed by atoms with Gasteiger partial charge in [0.05, 0.1) is 12.4 Å². The van der Waals surface area contributed by atoms with E-state index < -0.39 is 16.1 Å². The first-order chi connectivity index (χ1) is 13.4. The van der Waals surface area contributed by atoms with E-state index in [-0.39, 0.29) is 12.1 Å². The fourth-order valence-electron chi connectivity index (χ4n) is 3.79. The molecule has 28 heavy (non-hydrogen) atoms. The lowest BCUT2D eigenvalue weighted by Crippen LogP contribution is -2.42. The Morgan fingerprint density at radius 1 is 1.21 bits per heavy atom. The van der Waals surface area contributed by atoms with Crippen LogP contribution >= 0.6 is 0 Å². The topological polar surface area (TPSA) is 118 Å². The Kier molecular flexibility index (Phi) is 5.35. The molecule has 4 rings (SSSR count). The molecule has 2 aromatic heterocycles. The van der Waals surface area contributed by atoms with E-state index in [9.17, 15) is 13.5 Å². The zero-order chi connectivity index (χ0) is 19.7. The number of pyridine rings is 1. The Bertz CT molecular complexity index is 946. The van der Waals surface area contributed by atoms with Crippen LogP contribution in [0.5, 0.6) is 5.88 Å². The van der Waals surface area contributed by atoms with Gasteiger partial charge in [-0.05, 0) is 38.2 Å². The normalized spacial score (nSPS) is 24.5. The summed E-state index contributed by atoms with van der Waals surface area (Å²) < 4.78 is 30.7. The summed E-state index contributed by atoms with van der Waals surface area (Å²) in [6.45, 7) is 0.971. The fraction of sp³-hybridized carbons (Fsp3) is 0.611. The van der Waals surface area contributed by atoms with Gasteiger partial charge >= 0.3 is 0 Å². The highest BCUT2D eigenvalue weighted by molar-refractivity contribution is 7.88. The van der Waals surface area contributed by atoms with E-state index in [1.54, 1.807) is 12.4 Å². The molecule has 2 aromatic rings. The Hall–Kier alpha value is -2.04. The van der Waals surface area contributed by atoms with Gasteiger partial charge in [-0.3, -0.25) is 0 Å². The highest BCUT2D eigenvalue weighted by Crippen LogP contribution is 2.28. The van der Waals surface area contributed by atoms with Crippen LogP contribution < -0.4 is 10.1 Å². The predicted octanol–water partition coefficient (Wildman–Crippen LogP) is 1.15. The van der Waals surface area contributed by atoms with E-state index in [0.717, 1.165) is 24.6 Å². The van der Waals surface area contributed by atoms with Crippen molar-refractivity contribution in [3.05, 3.63) is 18.5 Å². The molecule has 0 spiro atoms. The van der Waals surface area contributed by atoms with Gasteiger partial charge in [-0.25, -0.2) is 27.7 Å². The van der Waals surface area contributed by atoms with Crippen molar-refractivity contribution in [1.29, 1.82) is 0 Å². The van der Waals surface area contributed by atoms with Crippen LogP contribution in [0.3, 0.4) is 0 Å². The second kappa shape index (κ2) is 7.76. The summed E-state index contributed by atoms with van der Waals surface area (Å²) in [5.41, 5.74) is 0.604. The maximum absolute atomic E-state index is 11.6. The molecule has 2 fully saturated rings. The molecule has 1 aliphatic heterocycles. The number of hydrogen-bond donors (Lipinski definition) is 2. The maximum Gasteiger partial charge on any atom is 0.241 e. The van der Waals surface area contributed by atoms with Gasteiger partial charge in [-0.15, -0.1) is 0 Å². The molecule has 1 saturated heterocycles. The Morgan fingerprint density at radius 3 is 2.68 bits per heavy atom. The molecular formula is C18H25N5O4S. The zero-order valence-electron chi connectivity index (χ0n) is 15.8. The highest BCUT2D eigenvalue weighted by atomic mass is 32.2. The monoisotopic (exact) mass is 407 g/mol. The number of anilines is 1. The molecule has 2 unspecified atom stereocenters. The third kappa shape index (κ3) is 4.18. The fourth-order valence-corrected chi connectivity index (χ4v) is 4.66. The number of ether oxygens (including phenoxy) is 1. The van der Waals surface area contributed by atoms with E-state index in [4.69, 9.17) is 4.74 Å². The van der Waals surface area contributed by atoms with Crippen molar-refractivity contribution in [3.63, 3.8) is 0 Å². The van der Waals surface area contributed by atoms with E-state index in [2.05, 4.69) is 20.3 Å². The first-order valence-corrected chi connectivity index (χ1v) is 11.4. The SMILES string of the molecule is CS(=O)(=O)N1CCC(Nc2ncc3ccnc(OC4CCCC4O)c3n2)CC1. The molecule has 10 heteroatoms. The summed E-state index contributed by atoms with van der Waals surface area (Å²) in [5.74, 6) is 0.871. The van der Waals surface area contributed by atoms with Crippen LogP contribution in [0.4, 0.5) is 5.95 Å². The summed E-state index contributed by atoms with van der Waals surface area (Å²) in [5, 5.41) is 14.1. The van der Waals surface area contributed by atoms with Crippen LogP contribution in [0.2, 0.25) is 0 Å². The van der Waals surface area contributed by atoms with Crippen LogP contribution in [-0.2, 0) is 10.0 Å². The average molecular weight is 407 g/mol. The van der Waals surface area contributed by atoms with Crippen molar-refractivity contribution in [2.24, 2.45) is 0 Å². The lowest BCUT2D eigenvalue weighted by Gasteiger charge is -2.30. The van der Waals surface area contributed by atoms with Gasteiger partial charge in [-0.2, -0.15) is 0 Å². The number of aromatic nitrogens is 3. The smallest absolute Gasteiger partial charge is 0.241 e. The molecule has 3 heterocycles. The molecule has 0 radical (unpaired) electrons. The van der Waals surface area contributed by atoms with Crippen LogP contribution in [0, 0.1) is 0 Å². The number of aliphatic hydroxyl groups excluding tert-OH is 1. The minimum atomic E-state index is -3.14. The quantitative estimate of drug-likeness (QED) is 0.758. The predicted molar refractivity (Wildman–Crippen MR) is 105 cm³/mol. The Labute approximate surface area is 164 Å². The van der Waals surface area contributed by atoms with Gasteiger partial charge in [0.15, 0.2) is 0 Å². The van der Waals surface area contributed by atoms with Crippen molar-refractivity contribution < 1.29 is 18.3 Å². The van der Waals surface area contributed by atoms with Gasteiger partial charge in [0.2, 0.25) is 21.9 Å².